The minimum atomic E-state index is -0.792. The van der Waals surface area contributed by atoms with Gasteiger partial charge in [0.25, 0.3) is 0 Å². The first-order valence-corrected chi connectivity index (χ1v) is 15.5. The van der Waals surface area contributed by atoms with Crippen molar-refractivity contribution in [3.8, 4) is 11.5 Å². The van der Waals surface area contributed by atoms with Crippen LogP contribution in [0, 0.1) is 5.92 Å². The van der Waals surface area contributed by atoms with Gasteiger partial charge in [-0.1, -0.05) is 12.2 Å². The maximum absolute atomic E-state index is 11.1. The molecule has 10 heteroatoms. The molecule has 1 saturated carbocycles. The summed E-state index contributed by atoms with van der Waals surface area (Å²) in [6.07, 6.45) is 9.98. The van der Waals surface area contributed by atoms with Gasteiger partial charge in [0.2, 0.25) is 0 Å². The zero-order valence-electron chi connectivity index (χ0n) is 24.8. The van der Waals surface area contributed by atoms with Crippen LogP contribution in [-0.4, -0.2) is 86.7 Å². The van der Waals surface area contributed by atoms with Gasteiger partial charge in [-0.05, 0) is 82.1 Å². The Morgan fingerprint density at radius 1 is 1.00 bits per heavy atom. The molecule has 0 bridgehead atoms. The van der Waals surface area contributed by atoms with Gasteiger partial charge in [0.15, 0.2) is 12.6 Å². The molecular weight excluding hydrogens is 544 g/mol. The van der Waals surface area contributed by atoms with Crippen LogP contribution in [-0.2, 0) is 28.5 Å². The molecular formula is C32H48O10. The van der Waals surface area contributed by atoms with Crippen LogP contribution in [0.5, 0.6) is 11.5 Å². The number of aliphatic hydroxyl groups is 1. The van der Waals surface area contributed by atoms with Gasteiger partial charge in [0, 0.05) is 32.0 Å². The Balaban J connectivity index is 1.40. The average molecular weight is 593 g/mol. The van der Waals surface area contributed by atoms with Crippen molar-refractivity contribution in [1.82, 2.24) is 0 Å². The van der Waals surface area contributed by atoms with Crippen LogP contribution >= 0.6 is 0 Å². The van der Waals surface area contributed by atoms with Crippen LogP contribution in [0.4, 0.5) is 0 Å². The van der Waals surface area contributed by atoms with Gasteiger partial charge >= 0.3 is 5.97 Å². The minimum Gasteiger partial charge on any atom is -0.497 e. The smallest absolute Gasteiger partial charge is 0.303 e. The van der Waals surface area contributed by atoms with Gasteiger partial charge in [0.05, 0.1) is 32.0 Å². The van der Waals surface area contributed by atoms with Crippen LogP contribution in [0.15, 0.2) is 36.4 Å². The Kier molecular flexibility index (Phi) is 13.9. The molecule has 236 valence electrons. The van der Waals surface area contributed by atoms with Crippen molar-refractivity contribution in [1.29, 1.82) is 0 Å². The summed E-state index contributed by atoms with van der Waals surface area (Å²) in [5, 5.41) is 19.9. The van der Waals surface area contributed by atoms with E-state index in [2.05, 4.69) is 0 Å². The second kappa shape index (κ2) is 17.8. The van der Waals surface area contributed by atoms with Crippen LogP contribution in [0.25, 0.3) is 0 Å². The molecule has 2 heterocycles. The molecule has 4 rings (SSSR count). The third-order valence-corrected chi connectivity index (χ3v) is 8.01. The lowest BCUT2D eigenvalue weighted by molar-refractivity contribution is -0.226. The first-order valence-electron chi connectivity index (χ1n) is 15.5. The fourth-order valence-electron chi connectivity index (χ4n) is 5.69. The van der Waals surface area contributed by atoms with Crippen molar-refractivity contribution < 1.29 is 48.2 Å². The molecule has 0 amide bonds. The van der Waals surface area contributed by atoms with Crippen molar-refractivity contribution in [3.05, 3.63) is 36.4 Å². The van der Waals surface area contributed by atoms with E-state index in [1.165, 1.54) is 0 Å². The molecule has 0 spiro atoms. The van der Waals surface area contributed by atoms with Crippen molar-refractivity contribution in [2.24, 2.45) is 5.92 Å². The van der Waals surface area contributed by atoms with Gasteiger partial charge in [-0.2, -0.15) is 0 Å². The lowest BCUT2D eigenvalue weighted by Gasteiger charge is -2.32. The molecule has 3 fully saturated rings. The predicted octanol–water partition coefficient (Wildman–Crippen LogP) is 4.86. The Hall–Kier alpha value is -2.21. The number of rotatable bonds is 17. The highest BCUT2D eigenvalue weighted by molar-refractivity contribution is 5.66. The van der Waals surface area contributed by atoms with E-state index in [0.29, 0.717) is 44.6 Å². The number of aliphatic carboxylic acids is 1. The highest BCUT2D eigenvalue weighted by atomic mass is 16.7. The van der Waals surface area contributed by atoms with Crippen LogP contribution in [0.2, 0.25) is 0 Å². The number of hydrogen-bond acceptors (Lipinski definition) is 9. The van der Waals surface area contributed by atoms with Gasteiger partial charge in [-0.3, -0.25) is 4.79 Å². The SMILES string of the molecule is COc1ccc(OCC(COC2C(OC3CCCCO3)CC(O)C2CC=CCCCC(=O)O)OC2CCCCO2)cc1. The number of hydrogen-bond donors (Lipinski definition) is 2. The van der Waals surface area contributed by atoms with Gasteiger partial charge in [0.1, 0.15) is 24.2 Å². The van der Waals surface area contributed by atoms with E-state index < -0.39 is 18.2 Å². The van der Waals surface area contributed by atoms with E-state index in [4.69, 9.17) is 38.3 Å². The average Bonchev–Trinajstić information content (AvgIpc) is 3.30. The van der Waals surface area contributed by atoms with Gasteiger partial charge < -0.3 is 43.4 Å². The zero-order valence-corrected chi connectivity index (χ0v) is 24.8. The zero-order chi connectivity index (χ0) is 29.6. The molecule has 2 saturated heterocycles. The number of carbonyl (C=O) groups is 1. The highest BCUT2D eigenvalue weighted by Gasteiger charge is 2.45. The number of carboxylic acid groups (broad SMARTS) is 1. The van der Waals surface area contributed by atoms with E-state index in [9.17, 15) is 9.90 Å². The second-order valence-corrected chi connectivity index (χ2v) is 11.3. The Labute approximate surface area is 249 Å². The maximum atomic E-state index is 11.1. The van der Waals surface area contributed by atoms with Crippen molar-refractivity contribution >= 4 is 5.97 Å². The van der Waals surface area contributed by atoms with Crippen molar-refractivity contribution in [2.45, 2.75) is 108 Å². The topological polar surface area (TPSA) is 122 Å². The molecule has 2 N–H and O–H groups in total. The molecule has 10 nitrogen and oxygen atoms in total. The fraction of sp³-hybridized carbons (Fsp3) is 0.719. The Morgan fingerprint density at radius 3 is 2.38 bits per heavy atom. The van der Waals surface area contributed by atoms with Crippen molar-refractivity contribution in [3.63, 3.8) is 0 Å². The molecule has 1 aromatic rings. The summed E-state index contributed by atoms with van der Waals surface area (Å²) >= 11 is 0. The fourth-order valence-corrected chi connectivity index (χ4v) is 5.69. The summed E-state index contributed by atoms with van der Waals surface area (Å²) in [7, 11) is 1.63. The molecule has 42 heavy (non-hydrogen) atoms. The molecule has 7 atom stereocenters. The maximum Gasteiger partial charge on any atom is 0.303 e. The third kappa shape index (κ3) is 10.8. The van der Waals surface area contributed by atoms with Gasteiger partial charge in [-0.15, -0.1) is 0 Å². The molecule has 0 radical (unpaired) electrons. The van der Waals surface area contributed by atoms with Crippen molar-refractivity contribution in [2.75, 3.05) is 33.5 Å². The minimum absolute atomic E-state index is 0.143. The number of ether oxygens (including phenoxy) is 7. The first-order chi connectivity index (χ1) is 20.5. The predicted molar refractivity (Wildman–Crippen MR) is 155 cm³/mol. The normalized spacial score (nSPS) is 29.0. The molecule has 0 aromatic heterocycles. The van der Waals surface area contributed by atoms with Crippen LogP contribution in [0.3, 0.4) is 0 Å². The lowest BCUT2D eigenvalue weighted by Crippen LogP contribution is -2.40. The number of carboxylic acids is 1. The number of allylic oxidation sites excluding steroid dienone is 2. The Morgan fingerprint density at radius 2 is 1.71 bits per heavy atom. The summed E-state index contributed by atoms with van der Waals surface area (Å²) in [4.78, 5) is 10.8. The van der Waals surface area contributed by atoms with Crippen LogP contribution in [0.1, 0.15) is 70.6 Å². The summed E-state index contributed by atoms with van der Waals surface area (Å²) in [5.41, 5.74) is 0. The van der Waals surface area contributed by atoms with Gasteiger partial charge in [-0.25, -0.2) is 0 Å². The molecule has 1 aromatic carbocycles. The van der Waals surface area contributed by atoms with E-state index >= 15 is 0 Å². The van der Waals surface area contributed by atoms with E-state index in [-0.39, 0.29) is 50.3 Å². The summed E-state index contributed by atoms with van der Waals surface area (Å²) in [6.45, 7) is 1.86. The highest BCUT2D eigenvalue weighted by Crippen LogP contribution is 2.36. The monoisotopic (exact) mass is 592 g/mol. The quantitative estimate of drug-likeness (QED) is 0.191. The summed E-state index contributed by atoms with van der Waals surface area (Å²) in [5.74, 6) is 0.485. The standard InChI is InChI=1S/C32H48O10/c1-36-23-14-16-24(17-15-23)39-21-25(41-30-12-6-8-18-37-30)22-40-32-26(10-4-2-3-5-11-29(34)35)27(33)20-28(32)42-31-13-7-9-19-38-31/h2,4,14-17,25-28,30-33H,3,5-13,18-22H2,1H3,(H,34,35). The third-order valence-electron chi connectivity index (χ3n) is 8.01. The molecule has 1 aliphatic carbocycles. The van der Waals surface area contributed by atoms with E-state index in [1.54, 1.807) is 7.11 Å². The second-order valence-electron chi connectivity index (χ2n) is 11.3. The molecule has 7 unspecified atom stereocenters. The molecule has 3 aliphatic rings. The number of methoxy groups -OCH3 is 1. The number of aliphatic hydroxyl groups excluding tert-OH is 1. The molecule has 2 aliphatic heterocycles. The number of unbranched alkanes of at least 4 members (excludes halogenated alkanes) is 1. The summed E-state index contributed by atoms with van der Waals surface area (Å²) < 4.78 is 42.2. The van der Waals surface area contributed by atoms with E-state index in [1.807, 2.05) is 36.4 Å². The first kappa shape index (κ1) is 32.7. The number of benzene rings is 1. The Bertz CT molecular complexity index is 926. The van der Waals surface area contributed by atoms with E-state index in [0.717, 1.165) is 44.3 Å². The largest absolute Gasteiger partial charge is 0.497 e. The van der Waals surface area contributed by atoms with Crippen LogP contribution < -0.4 is 9.47 Å². The summed E-state index contributed by atoms with van der Waals surface area (Å²) in [6, 6.07) is 7.41. The lowest BCUT2D eigenvalue weighted by atomic mass is 9.98.